The molecule has 152 valence electrons. The molecule has 0 aliphatic rings. The van der Waals surface area contributed by atoms with Crippen LogP contribution in [0, 0.1) is 0 Å². The molecule has 2 N–H and O–H groups in total. The maximum absolute atomic E-state index is 12.2. The first kappa shape index (κ1) is 21.6. The number of amides is 2. The molecule has 0 fully saturated rings. The number of nitrogens with one attached hydrogen (secondary N) is 2. The third-order valence-corrected chi connectivity index (χ3v) is 3.92. The Morgan fingerprint density at radius 2 is 1.66 bits per heavy atom. The van der Waals surface area contributed by atoms with Gasteiger partial charge >= 0.3 is 5.97 Å². The number of hydrogen-bond acceptors (Lipinski definition) is 6. The van der Waals surface area contributed by atoms with Crippen molar-refractivity contribution < 1.29 is 23.9 Å². The first-order chi connectivity index (χ1) is 13.9. The first-order valence-electron chi connectivity index (χ1n) is 8.85. The summed E-state index contributed by atoms with van der Waals surface area (Å²) in [5.41, 5.74) is 4.27. The topological polar surface area (TPSA) is 106 Å². The second-order valence-corrected chi connectivity index (χ2v) is 6.17. The van der Waals surface area contributed by atoms with Gasteiger partial charge in [-0.15, -0.1) is 0 Å². The minimum Gasteiger partial charge on any atom is -0.497 e. The van der Waals surface area contributed by atoms with Crippen molar-refractivity contribution in [1.82, 2.24) is 5.43 Å². The van der Waals surface area contributed by atoms with Crippen LogP contribution in [0.2, 0.25) is 0 Å². The van der Waals surface area contributed by atoms with Crippen LogP contribution in [-0.2, 0) is 20.7 Å². The number of rotatable bonds is 8. The van der Waals surface area contributed by atoms with E-state index in [2.05, 4.69) is 15.8 Å². The molecule has 2 aromatic rings. The molecule has 2 rings (SSSR count). The van der Waals surface area contributed by atoms with Crippen LogP contribution in [0.15, 0.2) is 53.6 Å². The summed E-state index contributed by atoms with van der Waals surface area (Å²) in [6, 6.07) is 13.7. The van der Waals surface area contributed by atoms with E-state index in [0.717, 1.165) is 5.56 Å². The van der Waals surface area contributed by atoms with Crippen LogP contribution in [-0.4, -0.2) is 37.7 Å². The third kappa shape index (κ3) is 6.76. The number of hydrogen-bond donors (Lipinski definition) is 2. The van der Waals surface area contributed by atoms with Crippen LogP contribution in [0.4, 0.5) is 5.69 Å². The molecule has 0 heterocycles. The molecule has 0 aliphatic heterocycles. The van der Waals surface area contributed by atoms with Crippen LogP contribution in [0.3, 0.4) is 0 Å². The highest BCUT2D eigenvalue weighted by atomic mass is 16.5. The number of ether oxygens (including phenoxy) is 2. The van der Waals surface area contributed by atoms with Crippen LogP contribution >= 0.6 is 0 Å². The summed E-state index contributed by atoms with van der Waals surface area (Å²) < 4.78 is 9.77. The predicted octanol–water partition coefficient (Wildman–Crippen LogP) is 2.55. The van der Waals surface area contributed by atoms with Crippen molar-refractivity contribution in [3.63, 3.8) is 0 Å². The lowest BCUT2D eigenvalue weighted by molar-refractivity contribution is -0.120. The molecule has 2 aromatic carbocycles. The summed E-state index contributed by atoms with van der Waals surface area (Å²) in [6.45, 7) is 1.62. The van der Waals surface area contributed by atoms with Crippen LogP contribution < -0.4 is 15.5 Å². The highest BCUT2D eigenvalue weighted by Gasteiger charge is 2.13. The van der Waals surface area contributed by atoms with E-state index in [1.165, 1.54) is 7.11 Å². The number of carbonyl (C=O) groups is 3. The van der Waals surface area contributed by atoms with E-state index in [0.29, 0.717) is 17.1 Å². The van der Waals surface area contributed by atoms with Crippen molar-refractivity contribution in [2.45, 2.75) is 19.8 Å². The van der Waals surface area contributed by atoms with E-state index in [4.69, 9.17) is 9.47 Å². The lowest BCUT2D eigenvalue weighted by atomic mass is 10.1. The van der Waals surface area contributed by atoms with E-state index in [1.54, 1.807) is 62.6 Å². The number of nitrogens with zero attached hydrogens (tertiary/aromatic N) is 1. The summed E-state index contributed by atoms with van der Waals surface area (Å²) in [7, 11) is 2.84. The molecule has 0 spiro atoms. The van der Waals surface area contributed by atoms with Gasteiger partial charge in [0.05, 0.1) is 38.3 Å². The standard InChI is InChI=1S/C21H23N3O5/c1-14(23-24-20(26)13-15-8-10-16(28-2)11-9-15)12-19(25)22-18-7-5-4-6-17(18)21(27)29-3/h4-11H,12-13H2,1-3H3,(H,22,25)(H,24,26)/b23-14-. The van der Waals surface area contributed by atoms with E-state index >= 15 is 0 Å². The van der Waals surface area contributed by atoms with Gasteiger partial charge in [-0.05, 0) is 36.8 Å². The van der Waals surface area contributed by atoms with E-state index < -0.39 is 5.97 Å². The molecule has 0 aromatic heterocycles. The predicted molar refractivity (Wildman–Crippen MR) is 109 cm³/mol. The molecule has 2 amide bonds. The van der Waals surface area contributed by atoms with Crippen molar-refractivity contribution in [2.24, 2.45) is 5.10 Å². The van der Waals surface area contributed by atoms with E-state index in [9.17, 15) is 14.4 Å². The lowest BCUT2D eigenvalue weighted by Gasteiger charge is -2.09. The highest BCUT2D eigenvalue weighted by molar-refractivity contribution is 6.08. The van der Waals surface area contributed by atoms with Crippen molar-refractivity contribution in [3.8, 4) is 5.75 Å². The van der Waals surface area contributed by atoms with Crippen LogP contribution in [0.25, 0.3) is 0 Å². The molecule has 0 saturated carbocycles. The molecule has 0 bridgehead atoms. The average molecular weight is 397 g/mol. The van der Waals surface area contributed by atoms with Gasteiger partial charge in [0, 0.05) is 5.71 Å². The molecule has 0 atom stereocenters. The summed E-state index contributed by atoms with van der Waals surface area (Å²) >= 11 is 0. The number of anilines is 1. The Bertz CT molecular complexity index is 907. The second kappa shape index (κ2) is 10.6. The van der Waals surface area contributed by atoms with Gasteiger partial charge in [-0.25, -0.2) is 10.2 Å². The average Bonchev–Trinajstić information content (AvgIpc) is 2.72. The number of methoxy groups -OCH3 is 2. The Morgan fingerprint density at radius 3 is 2.31 bits per heavy atom. The molecule has 0 saturated heterocycles. The fourth-order valence-corrected chi connectivity index (χ4v) is 2.47. The molecular formula is C21H23N3O5. The highest BCUT2D eigenvalue weighted by Crippen LogP contribution is 2.16. The zero-order valence-corrected chi connectivity index (χ0v) is 16.5. The van der Waals surface area contributed by atoms with Gasteiger partial charge in [0.2, 0.25) is 11.8 Å². The Labute approximate surface area is 168 Å². The number of benzene rings is 2. The van der Waals surface area contributed by atoms with Crippen molar-refractivity contribution in [2.75, 3.05) is 19.5 Å². The Morgan fingerprint density at radius 1 is 0.966 bits per heavy atom. The van der Waals surface area contributed by atoms with Gasteiger partial charge in [-0.2, -0.15) is 5.10 Å². The number of carbonyl (C=O) groups excluding carboxylic acids is 3. The number of para-hydroxylation sites is 1. The van der Waals surface area contributed by atoms with Gasteiger partial charge in [-0.3, -0.25) is 9.59 Å². The fraction of sp³-hybridized carbons (Fsp3) is 0.238. The zero-order chi connectivity index (χ0) is 21.2. The molecule has 0 aliphatic carbocycles. The van der Waals surface area contributed by atoms with Gasteiger partial charge in [0.25, 0.3) is 0 Å². The Kier molecular flexibility index (Phi) is 7.90. The largest absolute Gasteiger partial charge is 0.497 e. The SMILES string of the molecule is COC(=O)c1ccccc1NC(=O)C/C(C)=N\NC(=O)Cc1ccc(OC)cc1. The smallest absolute Gasteiger partial charge is 0.339 e. The zero-order valence-electron chi connectivity index (χ0n) is 16.5. The van der Waals surface area contributed by atoms with Gasteiger partial charge in [0.15, 0.2) is 0 Å². The normalized spacial score (nSPS) is 10.8. The van der Waals surface area contributed by atoms with Gasteiger partial charge in [-0.1, -0.05) is 24.3 Å². The fourth-order valence-electron chi connectivity index (χ4n) is 2.47. The van der Waals surface area contributed by atoms with Crippen molar-refractivity contribution in [3.05, 3.63) is 59.7 Å². The van der Waals surface area contributed by atoms with Crippen molar-refractivity contribution >= 4 is 29.2 Å². The molecular weight excluding hydrogens is 374 g/mol. The quantitative estimate of drug-likeness (QED) is 0.404. The van der Waals surface area contributed by atoms with Gasteiger partial charge < -0.3 is 14.8 Å². The van der Waals surface area contributed by atoms with Gasteiger partial charge in [0.1, 0.15) is 5.75 Å². The van der Waals surface area contributed by atoms with Crippen LogP contribution in [0.5, 0.6) is 5.75 Å². The van der Waals surface area contributed by atoms with Crippen molar-refractivity contribution in [1.29, 1.82) is 0 Å². The molecule has 8 heteroatoms. The number of esters is 1. The number of hydrazone groups is 1. The van der Waals surface area contributed by atoms with E-state index in [-0.39, 0.29) is 30.2 Å². The minimum absolute atomic E-state index is 0.0433. The third-order valence-electron chi connectivity index (χ3n) is 3.92. The lowest BCUT2D eigenvalue weighted by Crippen LogP contribution is -2.23. The molecule has 8 nitrogen and oxygen atoms in total. The van der Waals surface area contributed by atoms with Crippen LogP contribution in [0.1, 0.15) is 29.3 Å². The monoisotopic (exact) mass is 397 g/mol. The molecule has 0 radical (unpaired) electrons. The Hall–Kier alpha value is -3.68. The molecule has 29 heavy (non-hydrogen) atoms. The Balaban J connectivity index is 1.88. The summed E-state index contributed by atoms with van der Waals surface area (Å²) in [5, 5.41) is 6.60. The maximum atomic E-state index is 12.2. The first-order valence-corrected chi connectivity index (χ1v) is 8.85. The summed E-state index contributed by atoms with van der Waals surface area (Å²) in [5.74, 6) is -0.502. The maximum Gasteiger partial charge on any atom is 0.339 e. The second-order valence-electron chi connectivity index (χ2n) is 6.17. The summed E-state index contributed by atoms with van der Waals surface area (Å²) in [6.07, 6.45) is 0.109. The summed E-state index contributed by atoms with van der Waals surface area (Å²) in [4.78, 5) is 36.0. The van der Waals surface area contributed by atoms with E-state index in [1.807, 2.05) is 0 Å². The minimum atomic E-state index is -0.544. The molecule has 0 unspecified atom stereocenters.